The molecule has 1 heteroatoms. The summed E-state index contributed by atoms with van der Waals surface area (Å²) < 4.78 is 0. The molecule has 1 nitrogen and oxygen atoms in total. The van der Waals surface area contributed by atoms with Gasteiger partial charge in [0.25, 0.3) is 0 Å². The van der Waals surface area contributed by atoms with Crippen LogP contribution in [0, 0.1) is 0 Å². The highest BCUT2D eigenvalue weighted by atomic mass is 14.6. The minimum atomic E-state index is 1.00. The van der Waals surface area contributed by atoms with Crippen molar-refractivity contribution in [2.24, 2.45) is 0 Å². The molecule has 0 atom stereocenters. The summed E-state index contributed by atoms with van der Waals surface area (Å²) in [6.45, 7) is 6.03. The van der Waals surface area contributed by atoms with Gasteiger partial charge in [-0.2, -0.15) is 0 Å². The maximum absolute atomic E-state index is 4.56. The van der Waals surface area contributed by atoms with Crippen LogP contribution in [-0.2, 0) is 6.42 Å². The number of hydrogen-bond donors (Lipinski definition) is 0. The Labute approximate surface area is 119 Å². The van der Waals surface area contributed by atoms with E-state index in [1.807, 2.05) is 18.3 Å². The summed E-state index contributed by atoms with van der Waals surface area (Å²) in [5.74, 6) is 0. The van der Waals surface area contributed by atoms with Crippen LogP contribution < -0.4 is 0 Å². The molecular weight excluding hydrogens is 242 g/mol. The first kappa shape index (κ1) is 12.6. The molecule has 3 aromatic rings. The van der Waals surface area contributed by atoms with Crippen molar-refractivity contribution >= 4 is 17.0 Å². The van der Waals surface area contributed by atoms with Gasteiger partial charge in [0.1, 0.15) is 0 Å². The third-order valence-electron chi connectivity index (χ3n) is 3.67. The largest absolute Gasteiger partial charge is 0.256 e. The topological polar surface area (TPSA) is 12.9 Å². The minimum absolute atomic E-state index is 1.00. The summed E-state index contributed by atoms with van der Waals surface area (Å²) in [6, 6.07) is 16.9. The van der Waals surface area contributed by atoms with E-state index >= 15 is 0 Å². The Morgan fingerprint density at radius 1 is 1.05 bits per heavy atom. The van der Waals surface area contributed by atoms with Gasteiger partial charge in [0.15, 0.2) is 0 Å². The van der Waals surface area contributed by atoms with Crippen LogP contribution in [0.2, 0.25) is 0 Å². The number of fused-ring (bicyclic) bond motifs is 1. The van der Waals surface area contributed by atoms with Crippen LogP contribution in [0.5, 0.6) is 0 Å². The van der Waals surface area contributed by atoms with Gasteiger partial charge in [0.05, 0.1) is 5.52 Å². The Morgan fingerprint density at radius 3 is 2.70 bits per heavy atom. The standard InChI is InChI=1S/C19H17N/c1-3-14-10-11-17(15(4-2)13-14)18-9-5-7-16-8-6-12-20-19(16)18/h3,5-13H,1,4H2,2H3. The van der Waals surface area contributed by atoms with E-state index in [9.17, 15) is 0 Å². The number of aryl methyl sites for hydroxylation is 1. The molecule has 3 rings (SSSR count). The lowest BCUT2D eigenvalue weighted by Gasteiger charge is -2.11. The van der Waals surface area contributed by atoms with E-state index in [4.69, 9.17) is 0 Å². The number of para-hydroxylation sites is 1. The highest BCUT2D eigenvalue weighted by molar-refractivity contribution is 5.94. The van der Waals surface area contributed by atoms with Gasteiger partial charge in [-0.15, -0.1) is 0 Å². The minimum Gasteiger partial charge on any atom is -0.256 e. The zero-order valence-corrected chi connectivity index (χ0v) is 11.6. The summed E-state index contributed by atoms with van der Waals surface area (Å²) in [4.78, 5) is 4.56. The maximum Gasteiger partial charge on any atom is 0.0780 e. The van der Waals surface area contributed by atoms with Crippen LogP contribution in [0.3, 0.4) is 0 Å². The average molecular weight is 259 g/mol. The van der Waals surface area contributed by atoms with E-state index in [-0.39, 0.29) is 0 Å². The monoisotopic (exact) mass is 259 g/mol. The first-order chi connectivity index (χ1) is 9.83. The quantitative estimate of drug-likeness (QED) is 0.637. The average Bonchev–Trinajstić information content (AvgIpc) is 2.53. The third-order valence-corrected chi connectivity index (χ3v) is 3.67. The fourth-order valence-electron chi connectivity index (χ4n) is 2.62. The second kappa shape index (κ2) is 5.30. The molecule has 0 bridgehead atoms. The van der Waals surface area contributed by atoms with Crippen LogP contribution in [0.25, 0.3) is 28.1 Å². The predicted molar refractivity (Wildman–Crippen MR) is 86.6 cm³/mol. The Balaban J connectivity index is 2.28. The van der Waals surface area contributed by atoms with Crippen molar-refractivity contribution in [2.75, 3.05) is 0 Å². The molecule has 1 heterocycles. The van der Waals surface area contributed by atoms with Crippen molar-refractivity contribution in [1.82, 2.24) is 4.98 Å². The lowest BCUT2D eigenvalue weighted by molar-refractivity contribution is 1.14. The smallest absolute Gasteiger partial charge is 0.0780 e. The van der Waals surface area contributed by atoms with Gasteiger partial charge in [-0.1, -0.05) is 62.0 Å². The molecule has 0 radical (unpaired) electrons. The van der Waals surface area contributed by atoms with Gasteiger partial charge < -0.3 is 0 Å². The molecule has 0 fully saturated rings. The number of pyridine rings is 1. The molecule has 2 aromatic carbocycles. The Bertz CT molecular complexity index is 766. The molecule has 0 unspecified atom stereocenters. The maximum atomic E-state index is 4.56. The molecule has 0 N–H and O–H groups in total. The molecule has 0 aliphatic carbocycles. The summed E-state index contributed by atoms with van der Waals surface area (Å²) >= 11 is 0. The molecule has 0 saturated heterocycles. The Morgan fingerprint density at radius 2 is 1.90 bits per heavy atom. The molecule has 0 saturated carbocycles. The number of aromatic nitrogens is 1. The normalized spacial score (nSPS) is 10.7. The fraction of sp³-hybridized carbons (Fsp3) is 0.105. The first-order valence-corrected chi connectivity index (χ1v) is 6.93. The number of hydrogen-bond acceptors (Lipinski definition) is 1. The van der Waals surface area contributed by atoms with Crippen LogP contribution >= 0.6 is 0 Å². The van der Waals surface area contributed by atoms with Crippen LogP contribution in [0.1, 0.15) is 18.1 Å². The van der Waals surface area contributed by atoms with Crippen molar-refractivity contribution in [3.8, 4) is 11.1 Å². The second-order valence-electron chi connectivity index (χ2n) is 4.85. The molecule has 1 aromatic heterocycles. The van der Waals surface area contributed by atoms with Gasteiger partial charge in [0.2, 0.25) is 0 Å². The summed E-state index contributed by atoms with van der Waals surface area (Å²) in [5.41, 5.74) is 6.04. The Kier molecular flexibility index (Phi) is 3.34. The first-order valence-electron chi connectivity index (χ1n) is 6.93. The van der Waals surface area contributed by atoms with Crippen LogP contribution in [0.4, 0.5) is 0 Å². The van der Waals surface area contributed by atoms with Crippen molar-refractivity contribution < 1.29 is 0 Å². The zero-order chi connectivity index (χ0) is 13.9. The van der Waals surface area contributed by atoms with Gasteiger partial charge in [0, 0.05) is 17.1 Å². The zero-order valence-electron chi connectivity index (χ0n) is 11.6. The van der Waals surface area contributed by atoms with Crippen molar-refractivity contribution in [3.63, 3.8) is 0 Å². The number of nitrogens with zero attached hydrogens (tertiary/aromatic N) is 1. The molecule has 0 aliphatic heterocycles. The molecular formula is C19H17N. The molecule has 0 spiro atoms. The van der Waals surface area contributed by atoms with Crippen molar-refractivity contribution in [2.45, 2.75) is 13.3 Å². The van der Waals surface area contributed by atoms with Crippen LogP contribution in [-0.4, -0.2) is 4.98 Å². The molecule has 0 aliphatic rings. The van der Waals surface area contributed by atoms with Gasteiger partial charge in [-0.25, -0.2) is 0 Å². The van der Waals surface area contributed by atoms with E-state index < -0.39 is 0 Å². The third kappa shape index (κ3) is 2.12. The number of benzene rings is 2. The van der Waals surface area contributed by atoms with Crippen LogP contribution in [0.15, 0.2) is 61.3 Å². The van der Waals surface area contributed by atoms with Gasteiger partial charge in [-0.05, 0) is 29.2 Å². The van der Waals surface area contributed by atoms with Crippen molar-refractivity contribution in [1.29, 1.82) is 0 Å². The predicted octanol–water partition coefficient (Wildman–Crippen LogP) is 5.11. The van der Waals surface area contributed by atoms with Gasteiger partial charge >= 0.3 is 0 Å². The van der Waals surface area contributed by atoms with E-state index in [0.717, 1.165) is 11.9 Å². The lowest BCUT2D eigenvalue weighted by Crippen LogP contribution is -1.91. The Hall–Kier alpha value is -2.41. The summed E-state index contributed by atoms with van der Waals surface area (Å²) in [6.07, 6.45) is 4.75. The highest BCUT2D eigenvalue weighted by Gasteiger charge is 2.08. The SMILES string of the molecule is C=Cc1ccc(-c2cccc3cccnc23)c(CC)c1. The second-order valence-corrected chi connectivity index (χ2v) is 4.85. The fourth-order valence-corrected chi connectivity index (χ4v) is 2.62. The highest BCUT2D eigenvalue weighted by Crippen LogP contribution is 2.30. The molecule has 98 valence electrons. The number of rotatable bonds is 3. The molecule has 0 amide bonds. The lowest BCUT2D eigenvalue weighted by atomic mass is 9.94. The molecule has 20 heavy (non-hydrogen) atoms. The van der Waals surface area contributed by atoms with E-state index in [1.54, 1.807) is 0 Å². The summed E-state index contributed by atoms with van der Waals surface area (Å²) in [5, 5.41) is 1.18. The van der Waals surface area contributed by atoms with E-state index in [1.165, 1.54) is 27.6 Å². The van der Waals surface area contributed by atoms with Crippen molar-refractivity contribution in [3.05, 3.63) is 72.4 Å². The van der Waals surface area contributed by atoms with Gasteiger partial charge in [-0.3, -0.25) is 4.98 Å². The summed E-state index contributed by atoms with van der Waals surface area (Å²) in [7, 11) is 0. The van der Waals surface area contributed by atoms with E-state index in [2.05, 4.69) is 61.0 Å². The van der Waals surface area contributed by atoms with E-state index in [0.29, 0.717) is 0 Å².